The molecule has 4 aromatic rings. The molecule has 0 heterocycles. The summed E-state index contributed by atoms with van der Waals surface area (Å²) < 4.78 is 158. The quantitative estimate of drug-likeness (QED) is 0.0887. The lowest BCUT2D eigenvalue weighted by Gasteiger charge is -2.17. The summed E-state index contributed by atoms with van der Waals surface area (Å²) in [6.45, 7) is 1.39. The highest BCUT2D eigenvalue weighted by molar-refractivity contribution is 7.93. The predicted octanol–water partition coefficient (Wildman–Crippen LogP) is 2.40. The third-order valence-corrected chi connectivity index (χ3v) is 11.6. The summed E-state index contributed by atoms with van der Waals surface area (Å²) in [4.78, 5) is 5.31. The van der Waals surface area contributed by atoms with Gasteiger partial charge < -0.3 is 0 Å². The molecule has 0 atom stereocenters. The van der Waals surface area contributed by atoms with Crippen LogP contribution in [0.15, 0.2) is 91.2 Å². The molecule has 0 spiro atoms. The van der Waals surface area contributed by atoms with Gasteiger partial charge in [-0.25, -0.2) is 16.8 Å². The lowest BCUT2D eigenvalue weighted by molar-refractivity contribution is -0.385. The maximum absolute atomic E-state index is 13.5. The van der Waals surface area contributed by atoms with Crippen molar-refractivity contribution >= 4 is 78.2 Å². The number of nitrogens with one attached hydrogen (secondary N) is 2. The second kappa shape index (κ2) is 11.5. The van der Waals surface area contributed by atoms with Crippen LogP contribution in [0.4, 0.5) is 17.1 Å². The Morgan fingerprint density at radius 1 is 0.609 bits per heavy atom. The second-order valence-electron chi connectivity index (χ2n) is 9.32. The molecule has 0 radical (unpaired) electrons. The van der Waals surface area contributed by atoms with Gasteiger partial charge >= 0.3 is 0 Å². The molecule has 0 bridgehead atoms. The molecule has 0 aromatic heterocycles. The van der Waals surface area contributed by atoms with Gasteiger partial charge in [-0.2, -0.15) is 25.3 Å². The first kappa shape index (κ1) is 34.6. The molecule has 23 heteroatoms. The lowest BCUT2D eigenvalue weighted by atomic mass is 10.1. The van der Waals surface area contributed by atoms with E-state index in [1.165, 1.54) is 13.0 Å². The van der Waals surface area contributed by atoms with Crippen LogP contribution in [0.3, 0.4) is 0 Å². The summed E-state index contributed by atoms with van der Waals surface area (Å²) in [6.07, 6.45) is 0. The Labute approximate surface area is 261 Å². The van der Waals surface area contributed by atoms with Crippen molar-refractivity contribution in [1.29, 1.82) is 0 Å². The van der Waals surface area contributed by atoms with Gasteiger partial charge in [0.15, 0.2) is 0 Å². The van der Waals surface area contributed by atoms with Crippen LogP contribution in [0.1, 0.15) is 5.56 Å². The first-order chi connectivity index (χ1) is 20.9. The van der Waals surface area contributed by atoms with Gasteiger partial charge in [0.25, 0.3) is 56.1 Å². The molecular formula is C23H19N3O15S5. The van der Waals surface area contributed by atoms with Crippen molar-refractivity contribution in [3.63, 3.8) is 0 Å². The molecule has 5 N–H and O–H groups in total. The van der Waals surface area contributed by atoms with Crippen LogP contribution in [0.25, 0.3) is 10.8 Å². The topological polar surface area (TPSA) is 299 Å². The number of benzene rings is 4. The van der Waals surface area contributed by atoms with Crippen LogP contribution in [-0.2, 0) is 50.4 Å². The normalized spacial score (nSPS) is 13.0. The largest absolute Gasteiger partial charge is 0.295 e. The number of hydrogen-bond acceptors (Lipinski definition) is 12. The Morgan fingerprint density at radius 2 is 1.17 bits per heavy atom. The number of nitrogens with zero attached hydrogens (tertiary/aromatic N) is 1. The molecule has 18 nitrogen and oxygen atoms in total. The molecule has 0 fully saturated rings. The Morgan fingerprint density at radius 3 is 1.72 bits per heavy atom. The number of sulfonamides is 2. The molecule has 0 saturated heterocycles. The number of non-ortho nitro benzene ring substituents is 1. The van der Waals surface area contributed by atoms with Crippen molar-refractivity contribution in [1.82, 2.24) is 0 Å². The van der Waals surface area contributed by atoms with Crippen molar-refractivity contribution in [3.8, 4) is 0 Å². The smallest absolute Gasteiger partial charge is 0.282 e. The number of fused-ring (bicyclic) bond motifs is 1. The fourth-order valence-corrected chi connectivity index (χ4v) is 8.41. The monoisotopic (exact) mass is 737 g/mol. The zero-order valence-electron chi connectivity index (χ0n) is 22.6. The summed E-state index contributed by atoms with van der Waals surface area (Å²) >= 11 is 0. The van der Waals surface area contributed by atoms with Gasteiger partial charge in [0.1, 0.15) is 9.79 Å². The third-order valence-electron chi connectivity index (χ3n) is 6.21. The summed E-state index contributed by atoms with van der Waals surface area (Å²) in [5.74, 6) is 0. The highest BCUT2D eigenvalue weighted by atomic mass is 32.2. The first-order valence-corrected chi connectivity index (χ1v) is 19.1. The van der Waals surface area contributed by atoms with Crippen LogP contribution >= 0.6 is 0 Å². The third kappa shape index (κ3) is 7.10. The number of anilines is 2. The molecule has 0 aliphatic heterocycles. The van der Waals surface area contributed by atoms with Gasteiger partial charge in [-0.05, 0) is 55.0 Å². The SMILES string of the molecule is Cc1ccc(S(=O)(=O)Nc2ccc(S(=O)(=O)O)c3cc(S(=O)(=O)O)cc(S(=O)(=O)O)c23)cc1NS(=O)(=O)c1cccc([N+](=O)[O-])c1. The fraction of sp³-hybridized carbons (Fsp3) is 0.0435. The Balaban J connectivity index is 1.89. The number of nitro groups is 1. The van der Waals surface area contributed by atoms with Crippen LogP contribution in [0, 0.1) is 17.0 Å². The zero-order valence-corrected chi connectivity index (χ0v) is 26.7. The van der Waals surface area contributed by atoms with Crippen molar-refractivity contribution in [3.05, 3.63) is 82.4 Å². The average Bonchev–Trinajstić information content (AvgIpc) is 2.91. The van der Waals surface area contributed by atoms with Gasteiger partial charge in [-0.3, -0.25) is 33.2 Å². The summed E-state index contributed by atoms with van der Waals surface area (Å²) in [7, 11) is -25.4. The molecule has 0 unspecified atom stereocenters. The molecule has 46 heavy (non-hydrogen) atoms. The van der Waals surface area contributed by atoms with Crippen molar-refractivity contribution in [2.75, 3.05) is 9.44 Å². The lowest BCUT2D eigenvalue weighted by Crippen LogP contribution is -2.17. The summed E-state index contributed by atoms with van der Waals surface area (Å²) in [6, 6.07) is 8.85. The van der Waals surface area contributed by atoms with Gasteiger partial charge in [0.2, 0.25) is 0 Å². The van der Waals surface area contributed by atoms with Crippen LogP contribution in [-0.4, -0.2) is 60.7 Å². The highest BCUT2D eigenvalue weighted by Crippen LogP contribution is 2.38. The van der Waals surface area contributed by atoms with Gasteiger partial charge in [0, 0.05) is 22.9 Å². The molecular weight excluding hydrogens is 719 g/mol. The Bertz CT molecular complexity index is 2510. The number of aryl methyl sites for hydroxylation is 1. The van der Waals surface area contributed by atoms with Crippen LogP contribution in [0.2, 0.25) is 0 Å². The van der Waals surface area contributed by atoms with E-state index in [1.807, 2.05) is 4.72 Å². The zero-order chi connectivity index (χ0) is 34.6. The fourth-order valence-electron chi connectivity index (χ4n) is 4.11. The first-order valence-electron chi connectivity index (χ1n) is 11.9. The van der Waals surface area contributed by atoms with E-state index in [9.17, 15) is 65.9 Å². The minimum Gasteiger partial charge on any atom is -0.282 e. The van der Waals surface area contributed by atoms with Crippen LogP contribution in [0.5, 0.6) is 0 Å². The molecule has 4 rings (SSSR count). The predicted molar refractivity (Wildman–Crippen MR) is 159 cm³/mol. The van der Waals surface area contributed by atoms with E-state index < -0.39 is 102 Å². The maximum atomic E-state index is 13.5. The minimum atomic E-state index is -5.49. The van der Waals surface area contributed by atoms with Gasteiger partial charge in [0.05, 0.1) is 31.0 Å². The summed E-state index contributed by atoms with van der Waals surface area (Å²) in [5.41, 5.74) is -1.43. The van der Waals surface area contributed by atoms with E-state index >= 15 is 0 Å². The number of rotatable bonds is 10. The molecule has 0 amide bonds. The Hall–Kier alpha value is -4.23. The minimum absolute atomic E-state index is 0.183. The van der Waals surface area contributed by atoms with E-state index in [1.54, 1.807) is 0 Å². The molecule has 0 aliphatic rings. The Kier molecular flexibility index (Phi) is 8.69. The standard InChI is InChI=1S/C23H19N3O15S5/c1-13-5-6-16(11-20(13)25-42(29,30)15-4-2-3-14(9-15)26(27)28)43(31,32)24-19-7-8-21(45(36,37)38)18-10-17(44(33,34)35)12-22(23(18)19)46(39,40)41/h2-12,24-25H,1H3,(H,33,34,35)(H,36,37,38)(H,39,40,41). The molecule has 246 valence electrons. The molecule has 0 saturated carbocycles. The van der Waals surface area contributed by atoms with E-state index in [-0.39, 0.29) is 17.3 Å². The number of hydrogen-bond donors (Lipinski definition) is 5. The van der Waals surface area contributed by atoms with Crippen molar-refractivity contribution < 1.29 is 60.7 Å². The van der Waals surface area contributed by atoms with E-state index in [2.05, 4.69) is 4.72 Å². The highest BCUT2D eigenvalue weighted by Gasteiger charge is 2.29. The average molecular weight is 738 g/mol. The van der Waals surface area contributed by atoms with Gasteiger partial charge in [-0.15, -0.1) is 0 Å². The molecule has 4 aromatic carbocycles. The van der Waals surface area contributed by atoms with Crippen molar-refractivity contribution in [2.45, 2.75) is 31.4 Å². The number of nitro benzene ring substituents is 1. The summed E-state index contributed by atoms with van der Waals surface area (Å²) in [5, 5.41) is 9.19. The van der Waals surface area contributed by atoms with E-state index in [4.69, 9.17) is 0 Å². The van der Waals surface area contributed by atoms with E-state index in [0.29, 0.717) is 18.2 Å². The van der Waals surface area contributed by atoms with E-state index in [0.717, 1.165) is 36.4 Å². The molecule has 0 aliphatic carbocycles. The van der Waals surface area contributed by atoms with Crippen molar-refractivity contribution in [2.24, 2.45) is 0 Å². The van der Waals surface area contributed by atoms with Crippen LogP contribution < -0.4 is 9.44 Å². The maximum Gasteiger partial charge on any atom is 0.295 e. The van der Waals surface area contributed by atoms with Gasteiger partial charge in [-0.1, -0.05) is 12.1 Å². The second-order valence-corrected chi connectivity index (χ2v) is 16.9.